The number of aliphatic hydroxyl groups is 2. The SMILES string of the molecule is CC1CCN(C2Cc3ccccc3C2O)CC1O. The van der Waals surface area contributed by atoms with E-state index in [9.17, 15) is 10.2 Å². The van der Waals surface area contributed by atoms with Crippen LogP contribution >= 0.6 is 0 Å². The number of piperidine rings is 1. The lowest BCUT2D eigenvalue weighted by Gasteiger charge is -2.39. The van der Waals surface area contributed by atoms with Gasteiger partial charge >= 0.3 is 0 Å². The lowest BCUT2D eigenvalue weighted by Crippen LogP contribution is -2.49. The number of likely N-dealkylation sites (tertiary alicyclic amines) is 1. The molecule has 4 unspecified atom stereocenters. The van der Waals surface area contributed by atoms with Crippen LogP contribution in [-0.4, -0.2) is 40.3 Å². The van der Waals surface area contributed by atoms with Gasteiger partial charge in [-0.25, -0.2) is 0 Å². The lowest BCUT2D eigenvalue weighted by molar-refractivity contribution is -0.0201. The Hall–Kier alpha value is -0.900. The average molecular weight is 247 g/mol. The van der Waals surface area contributed by atoms with Crippen LogP contribution in [0.3, 0.4) is 0 Å². The zero-order valence-electron chi connectivity index (χ0n) is 10.8. The van der Waals surface area contributed by atoms with Gasteiger partial charge in [-0.3, -0.25) is 4.90 Å². The van der Waals surface area contributed by atoms with E-state index < -0.39 is 6.10 Å². The Morgan fingerprint density at radius 1 is 1.22 bits per heavy atom. The minimum Gasteiger partial charge on any atom is -0.392 e. The summed E-state index contributed by atoms with van der Waals surface area (Å²) >= 11 is 0. The molecule has 1 aromatic rings. The molecular formula is C15H21NO2. The van der Waals surface area contributed by atoms with Gasteiger partial charge in [0.15, 0.2) is 0 Å². The Kier molecular flexibility index (Phi) is 3.14. The predicted octanol–water partition coefficient (Wildman–Crippen LogP) is 1.35. The van der Waals surface area contributed by atoms with E-state index in [1.54, 1.807) is 0 Å². The third kappa shape index (κ3) is 1.96. The summed E-state index contributed by atoms with van der Waals surface area (Å²) in [5.74, 6) is 0.377. The molecule has 18 heavy (non-hydrogen) atoms. The highest BCUT2D eigenvalue weighted by Gasteiger charge is 2.37. The maximum atomic E-state index is 10.4. The van der Waals surface area contributed by atoms with Crippen molar-refractivity contribution in [1.82, 2.24) is 4.90 Å². The van der Waals surface area contributed by atoms with E-state index in [0.29, 0.717) is 12.5 Å². The van der Waals surface area contributed by atoms with Crippen molar-refractivity contribution in [2.24, 2.45) is 5.92 Å². The normalized spacial score (nSPS) is 36.6. The number of hydrogen-bond donors (Lipinski definition) is 2. The number of aliphatic hydroxyl groups excluding tert-OH is 2. The number of fused-ring (bicyclic) bond motifs is 1. The first kappa shape index (κ1) is 12.2. The molecule has 1 aliphatic heterocycles. The number of hydrogen-bond acceptors (Lipinski definition) is 3. The van der Waals surface area contributed by atoms with E-state index >= 15 is 0 Å². The summed E-state index contributed by atoms with van der Waals surface area (Å²) in [4.78, 5) is 2.26. The van der Waals surface area contributed by atoms with Gasteiger partial charge in [-0.05, 0) is 36.4 Å². The van der Waals surface area contributed by atoms with E-state index in [1.165, 1.54) is 5.56 Å². The number of benzene rings is 1. The Labute approximate surface area is 108 Å². The first-order chi connectivity index (χ1) is 8.66. The fourth-order valence-electron chi connectivity index (χ4n) is 3.26. The molecule has 0 radical (unpaired) electrons. The minimum absolute atomic E-state index is 0.143. The Bertz CT molecular complexity index is 434. The van der Waals surface area contributed by atoms with Gasteiger partial charge in [-0.1, -0.05) is 31.2 Å². The van der Waals surface area contributed by atoms with Crippen LogP contribution in [0.2, 0.25) is 0 Å². The molecule has 4 atom stereocenters. The fraction of sp³-hybridized carbons (Fsp3) is 0.600. The summed E-state index contributed by atoms with van der Waals surface area (Å²) in [6.07, 6.45) is 1.26. The highest BCUT2D eigenvalue weighted by atomic mass is 16.3. The van der Waals surface area contributed by atoms with Crippen molar-refractivity contribution in [3.8, 4) is 0 Å². The van der Waals surface area contributed by atoms with Crippen molar-refractivity contribution < 1.29 is 10.2 Å². The molecule has 3 nitrogen and oxygen atoms in total. The summed E-state index contributed by atoms with van der Waals surface area (Å²) < 4.78 is 0. The minimum atomic E-state index is -0.401. The molecule has 98 valence electrons. The lowest BCUT2D eigenvalue weighted by atomic mass is 9.94. The van der Waals surface area contributed by atoms with Crippen molar-refractivity contribution in [3.63, 3.8) is 0 Å². The standard InChI is InChI=1S/C15H21NO2/c1-10-6-7-16(9-14(10)17)13-8-11-4-2-3-5-12(11)15(13)18/h2-5,10,13-15,17-18H,6-9H2,1H3. The van der Waals surface area contributed by atoms with Crippen LogP contribution in [0.4, 0.5) is 0 Å². The molecule has 1 saturated heterocycles. The van der Waals surface area contributed by atoms with Crippen LogP contribution in [-0.2, 0) is 6.42 Å². The van der Waals surface area contributed by atoms with Gasteiger partial charge in [0.05, 0.1) is 12.2 Å². The largest absolute Gasteiger partial charge is 0.392 e. The summed E-state index contributed by atoms with van der Waals surface area (Å²) in [6.45, 7) is 3.77. The first-order valence-corrected chi connectivity index (χ1v) is 6.85. The Balaban J connectivity index is 1.76. The molecule has 0 bridgehead atoms. The third-order valence-corrected chi connectivity index (χ3v) is 4.59. The predicted molar refractivity (Wildman–Crippen MR) is 70.3 cm³/mol. The highest BCUT2D eigenvalue weighted by Crippen LogP contribution is 2.35. The van der Waals surface area contributed by atoms with Crippen LogP contribution in [0, 0.1) is 5.92 Å². The number of β-amino-alcohol motifs (C(OH)–C–C–N with tert-alkyl or cyclic N) is 1. The molecule has 0 aromatic heterocycles. The molecule has 0 saturated carbocycles. The Morgan fingerprint density at radius 2 is 2.00 bits per heavy atom. The van der Waals surface area contributed by atoms with Crippen LogP contribution in [0.1, 0.15) is 30.6 Å². The maximum Gasteiger partial charge on any atom is 0.0951 e. The van der Waals surface area contributed by atoms with Crippen molar-refractivity contribution in [2.45, 2.75) is 38.0 Å². The second-order valence-electron chi connectivity index (χ2n) is 5.74. The second kappa shape index (κ2) is 4.65. The molecular weight excluding hydrogens is 226 g/mol. The van der Waals surface area contributed by atoms with Crippen LogP contribution in [0.15, 0.2) is 24.3 Å². The van der Waals surface area contributed by atoms with E-state index in [0.717, 1.165) is 24.9 Å². The van der Waals surface area contributed by atoms with Crippen LogP contribution in [0.5, 0.6) is 0 Å². The molecule has 1 fully saturated rings. The monoisotopic (exact) mass is 247 g/mol. The van der Waals surface area contributed by atoms with Gasteiger partial charge in [-0.15, -0.1) is 0 Å². The molecule has 2 N–H and O–H groups in total. The third-order valence-electron chi connectivity index (χ3n) is 4.59. The molecule has 3 rings (SSSR count). The average Bonchev–Trinajstić information content (AvgIpc) is 2.71. The van der Waals surface area contributed by atoms with Crippen molar-refractivity contribution in [3.05, 3.63) is 35.4 Å². The van der Waals surface area contributed by atoms with Crippen LogP contribution < -0.4 is 0 Å². The Morgan fingerprint density at radius 3 is 2.72 bits per heavy atom. The van der Waals surface area contributed by atoms with Crippen molar-refractivity contribution in [2.75, 3.05) is 13.1 Å². The van der Waals surface area contributed by atoms with Gasteiger partial charge < -0.3 is 10.2 Å². The molecule has 0 spiro atoms. The van der Waals surface area contributed by atoms with Gasteiger partial charge in [0.1, 0.15) is 0 Å². The quantitative estimate of drug-likeness (QED) is 0.787. The van der Waals surface area contributed by atoms with Gasteiger partial charge in [0.25, 0.3) is 0 Å². The van der Waals surface area contributed by atoms with Crippen molar-refractivity contribution in [1.29, 1.82) is 0 Å². The van der Waals surface area contributed by atoms with Crippen LogP contribution in [0.25, 0.3) is 0 Å². The molecule has 1 aliphatic carbocycles. The van der Waals surface area contributed by atoms with E-state index in [2.05, 4.69) is 17.9 Å². The summed E-state index contributed by atoms with van der Waals surface area (Å²) in [7, 11) is 0. The molecule has 0 amide bonds. The number of nitrogens with zero attached hydrogens (tertiary/aromatic N) is 1. The van der Waals surface area contributed by atoms with Gasteiger partial charge in [-0.2, -0.15) is 0 Å². The van der Waals surface area contributed by atoms with Crippen molar-refractivity contribution >= 4 is 0 Å². The van der Waals surface area contributed by atoms with E-state index in [1.807, 2.05) is 18.2 Å². The first-order valence-electron chi connectivity index (χ1n) is 6.85. The van der Waals surface area contributed by atoms with E-state index in [-0.39, 0.29) is 12.1 Å². The fourth-order valence-corrected chi connectivity index (χ4v) is 3.26. The zero-order chi connectivity index (χ0) is 12.7. The highest BCUT2D eigenvalue weighted by molar-refractivity contribution is 5.36. The molecule has 3 heteroatoms. The summed E-state index contributed by atoms with van der Waals surface area (Å²) in [5.41, 5.74) is 2.32. The molecule has 2 aliphatic rings. The second-order valence-corrected chi connectivity index (χ2v) is 5.74. The molecule has 1 heterocycles. The maximum absolute atomic E-state index is 10.4. The summed E-state index contributed by atoms with van der Waals surface area (Å²) in [6, 6.07) is 8.27. The zero-order valence-corrected chi connectivity index (χ0v) is 10.8. The van der Waals surface area contributed by atoms with Gasteiger partial charge in [0.2, 0.25) is 0 Å². The molecule has 1 aromatic carbocycles. The van der Waals surface area contributed by atoms with Gasteiger partial charge in [0, 0.05) is 12.6 Å². The van der Waals surface area contributed by atoms with E-state index in [4.69, 9.17) is 0 Å². The number of rotatable bonds is 1. The topological polar surface area (TPSA) is 43.7 Å². The summed E-state index contributed by atoms with van der Waals surface area (Å²) in [5, 5.41) is 20.4. The smallest absolute Gasteiger partial charge is 0.0951 e.